The normalized spacial score (nSPS) is 28.0. The predicted molar refractivity (Wildman–Crippen MR) is 142 cm³/mol. The van der Waals surface area contributed by atoms with Crippen LogP contribution < -0.4 is 16.7 Å². The fourth-order valence-corrected chi connectivity index (χ4v) is 6.32. The highest BCUT2D eigenvalue weighted by Gasteiger charge is 2.81. The summed E-state index contributed by atoms with van der Waals surface area (Å²) in [6.45, 7) is 8.29. The smallest absolute Gasteiger partial charge is 0.388 e. The van der Waals surface area contributed by atoms with Crippen LogP contribution in [0.4, 0.5) is 0 Å². The van der Waals surface area contributed by atoms with E-state index in [9.17, 15) is 28.8 Å². The molecule has 2 N–H and O–H groups in total. The molecule has 236 valence electrons. The quantitative estimate of drug-likeness (QED) is 0.204. The fourth-order valence-electron chi connectivity index (χ4n) is 5.18. The topological polar surface area (TPSA) is 212 Å². The summed E-state index contributed by atoms with van der Waals surface area (Å²) in [6, 6.07) is 1.17. The minimum absolute atomic E-state index is 0.000535. The molecule has 2 saturated heterocycles. The molecule has 1 aliphatic carbocycles. The Hall–Kier alpha value is -3.21. The summed E-state index contributed by atoms with van der Waals surface area (Å²) in [4.78, 5) is 50.4. The van der Waals surface area contributed by atoms with Crippen LogP contribution in [0, 0.1) is 16.7 Å². The van der Waals surface area contributed by atoms with Crippen LogP contribution in [0.15, 0.2) is 28.0 Å². The first-order valence-corrected chi connectivity index (χ1v) is 15.0. The molecule has 0 spiro atoms. The van der Waals surface area contributed by atoms with E-state index in [1.807, 2.05) is 0 Å². The summed E-state index contributed by atoms with van der Waals surface area (Å²) < 4.78 is 49.0. The van der Waals surface area contributed by atoms with Crippen molar-refractivity contribution in [3.8, 4) is 0 Å². The Kier molecular flexibility index (Phi) is 7.59. The van der Waals surface area contributed by atoms with Gasteiger partial charge >= 0.3 is 25.2 Å². The number of H-pyrrole nitrogens is 1. The summed E-state index contributed by atoms with van der Waals surface area (Å²) in [5, 5.41) is 18.7. The van der Waals surface area contributed by atoms with Gasteiger partial charge < -0.3 is 24.1 Å². The van der Waals surface area contributed by atoms with Crippen LogP contribution in [-0.2, 0) is 48.7 Å². The molecule has 17 nitrogen and oxygen atoms in total. The molecule has 3 aliphatic rings. The number of esters is 2. The average molecular weight is 628 g/mol. The van der Waals surface area contributed by atoms with Gasteiger partial charge in [0.05, 0.1) is 29.5 Å². The maximum absolute atomic E-state index is 13.8. The fraction of sp³-hybridized carbons (Fsp3) is 0.680. The molecule has 5 atom stereocenters. The lowest BCUT2D eigenvalue weighted by Gasteiger charge is -2.62. The van der Waals surface area contributed by atoms with Gasteiger partial charge in [0.25, 0.3) is 5.56 Å². The van der Waals surface area contributed by atoms with Crippen LogP contribution in [0.5, 0.6) is 0 Å². The number of aliphatic hydroxyl groups is 1. The Balaban J connectivity index is 1.33. The van der Waals surface area contributed by atoms with Crippen LogP contribution >= 0.6 is 7.60 Å². The van der Waals surface area contributed by atoms with E-state index in [1.54, 1.807) is 41.5 Å². The molecule has 3 fully saturated rings. The van der Waals surface area contributed by atoms with Gasteiger partial charge in [0.1, 0.15) is 11.7 Å². The zero-order valence-electron chi connectivity index (χ0n) is 24.5. The number of hydrogen-bond acceptors (Lipinski definition) is 14. The highest BCUT2D eigenvalue weighted by Crippen LogP contribution is 2.68. The number of aromatic nitrogens is 5. The molecule has 0 amide bonds. The van der Waals surface area contributed by atoms with Crippen molar-refractivity contribution in [2.45, 2.75) is 78.2 Å². The Bertz CT molecular complexity index is 1550. The third-order valence-electron chi connectivity index (χ3n) is 7.32. The number of hydrogen-bond donors (Lipinski definition) is 2. The van der Waals surface area contributed by atoms with Gasteiger partial charge in [-0.1, -0.05) is 5.21 Å². The van der Waals surface area contributed by atoms with Crippen LogP contribution in [0.1, 0.15) is 54.2 Å². The zero-order valence-corrected chi connectivity index (χ0v) is 25.4. The molecule has 2 aromatic heterocycles. The number of aromatic amines is 1. The van der Waals surface area contributed by atoms with Crippen molar-refractivity contribution in [3.63, 3.8) is 0 Å². The highest BCUT2D eigenvalue weighted by atomic mass is 31.2. The maximum Gasteiger partial charge on any atom is 0.388 e. The molecule has 4 heterocycles. The SMILES string of the molecule is CC(C)(C)C(=O)OCOP(=O)(OCOC(=O)C(C)(C)C)c1cn(C[C@]23C[C@@]4(O)OC(C24)[C@H](n2ccc(=O)[nH]c2=O)O3)nn1. The average Bonchev–Trinajstić information content (AvgIpc) is 3.38. The molecule has 18 heteroatoms. The lowest BCUT2D eigenvalue weighted by atomic mass is 9.59. The van der Waals surface area contributed by atoms with Gasteiger partial charge in [-0.2, -0.15) is 0 Å². The number of carbonyl (C=O) groups excluding carboxylic acids is 2. The van der Waals surface area contributed by atoms with Crippen LogP contribution in [-0.4, -0.2) is 72.7 Å². The lowest BCUT2D eigenvalue weighted by molar-refractivity contribution is -0.433. The van der Waals surface area contributed by atoms with E-state index in [2.05, 4.69) is 15.3 Å². The first kappa shape index (κ1) is 31.2. The summed E-state index contributed by atoms with van der Waals surface area (Å²) in [5.41, 5.74) is -4.30. The first-order valence-electron chi connectivity index (χ1n) is 13.4. The lowest BCUT2D eigenvalue weighted by Crippen LogP contribution is -2.77. The van der Waals surface area contributed by atoms with Gasteiger partial charge in [-0.25, -0.2) is 9.48 Å². The summed E-state index contributed by atoms with van der Waals surface area (Å²) >= 11 is 0. The zero-order chi connectivity index (χ0) is 31.6. The standard InChI is InChI=1S/C25H34N5O12P/c1-22(2,3)19(32)37-12-39-43(36,40-13-38-20(33)23(4,5)6)15-9-29(28-27-15)11-24-10-25(35)17(24)16(41-25)18(42-24)30-8-7-14(31)26-21(30)34/h7-9,16-18,35H,10-13H2,1-6H3,(H,26,31,34)/t16?,17?,18-,24-,25-/m1/s1. The Morgan fingerprint density at radius 3 is 2.23 bits per heavy atom. The monoisotopic (exact) mass is 627 g/mol. The van der Waals surface area contributed by atoms with Gasteiger partial charge in [-0.15, -0.1) is 5.10 Å². The van der Waals surface area contributed by atoms with Gasteiger partial charge in [0, 0.05) is 18.7 Å². The molecule has 43 heavy (non-hydrogen) atoms. The molecule has 5 rings (SSSR count). The molecular formula is C25H34N5O12P. The number of rotatable bonds is 10. The van der Waals surface area contributed by atoms with Crippen molar-refractivity contribution in [3.05, 3.63) is 39.3 Å². The first-order chi connectivity index (χ1) is 19.9. The number of ether oxygens (including phenoxy) is 4. The molecule has 2 aromatic rings. The van der Waals surface area contributed by atoms with E-state index in [0.29, 0.717) is 0 Å². The molecule has 0 bridgehead atoms. The van der Waals surface area contributed by atoms with E-state index in [-0.39, 0.29) is 18.4 Å². The van der Waals surface area contributed by atoms with E-state index < -0.39 is 84.8 Å². The second-order valence-corrected chi connectivity index (χ2v) is 14.8. The third kappa shape index (κ3) is 5.72. The largest absolute Gasteiger partial charge is 0.438 e. The van der Waals surface area contributed by atoms with E-state index in [1.165, 1.54) is 27.7 Å². The minimum Gasteiger partial charge on any atom is -0.438 e. The molecular weight excluding hydrogens is 593 g/mol. The molecule has 1 saturated carbocycles. The summed E-state index contributed by atoms with van der Waals surface area (Å²) in [6.07, 6.45) is 0.969. The van der Waals surface area contributed by atoms with Crippen LogP contribution in [0.2, 0.25) is 0 Å². The molecule has 2 aliphatic heterocycles. The van der Waals surface area contributed by atoms with Gasteiger partial charge in [0.15, 0.2) is 17.5 Å². The second-order valence-electron chi connectivity index (χ2n) is 12.8. The van der Waals surface area contributed by atoms with Crippen molar-refractivity contribution in [1.82, 2.24) is 24.5 Å². The number of nitrogens with zero attached hydrogens (tertiary/aromatic N) is 4. The van der Waals surface area contributed by atoms with Crippen molar-refractivity contribution < 1.29 is 47.3 Å². The minimum atomic E-state index is -4.36. The van der Waals surface area contributed by atoms with Crippen molar-refractivity contribution in [1.29, 1.82) is 0 Å². The second kappa shape index (κ2) is 10.5. The van der Waals surface area contributed by atoms with E-state index in [0.717, 1.165) is 0 Å². The molecule has 0 aromatic carbocycles. The van der Waals surface area contributed by atoms with Crippen LogP contribution in [0.3, 0.4) is 0 Å². The molecule has 2 unspecified atom stereocenters. The van der Waals surface area contributed by atoms with Crippen molar-refractivity contribution in [2.75, 3.05) is 13.6 Å². The van der Waals surface area contributed by atoms with Crippen molar-refractivity contribution in [2.24, 2.45) is 16.7 Å². The highest BCUT2D eigenvalue weighted by molar-refractivity contribution is 7.61. The van der Waals surface area contributed by atoms with Gasteiger partial charge in [-0.3, -0.25) is 37.5 Å². The van der Waals surface area contributed by atoms with Gasteiger partial charge in [0.2, 0.25) is 13.6 Å². The Labute approximate surface area is 244 Å². The Morgan fingerprint density at radius 2 is 1.70 bits per heavy atom. The van der Waals surface area contributed by atoms with E-state index >= 15 is 0 Å². The predicted octanol–water partition coefficient (Wildman–Crippen LogP) is 0.148. The number of carbonyl (C=O) groups is 2. The van der Waals surface area contributed by atoms with Crippen LogP contribution in [0.25, 0.3) is 0 Å². The van der Waals surface area contributed by atoms with E-state index in [4.69, 9.17) is 28.0 Å². The maximum atomic E-state index is 13.8. The third-order valence-corrected chi connectivity index (χ3v) is 8.98. The summed E-state index contributed by atoms with van der Waals surface area (Å²) in [7, 11) is -4.36. The summed E-state index contributed by atoms with van der Waals surface area (Å²) in [5.74, 6) is -3.23. The van der Waals surface area contributed by atoms with Gasteiger partial charge in [-0.05, 0) is 41.5 Å². The molecule has 0 radical (unpaired) electrons. The number of nitrogens with one attached hydrogen (secondary N) is 1. The van der Waals surface area contributed by atoms with Crippen molar-refractivity contribution >= 4 is 25.0 Å². The Morgan fingerprint density at radius 1 is 1.09 bits per heavy atom.